The molecular formula is C13H11ClFIN2O. The van der Waals surface area contributed by atoms with Crippen LogP contribution in [0.3, 0.4) is 0 Å². The van der Waals surface area contributed by atoms with Crippen molar-refractivity contribution in [2.24, 2.45) is 0 Å². The SMILES string of the molecule is CC(C)c1nc(-c2ccc(O)c(F)c2)nc(Cl)c1I. The van der Waals surface area contributed by atoms with Crippen molar-refractivity contribution in [2.75, 3.05) is 0 Å². The molecule has 0 radical (unpaired) electrons. The summed E-state index contributed by atoms with van der Waals surface area (Å²) in [5.74, 6) is -0.563. The summed E-state index contributed by atoms with van der Waals surface area (Å²) >= 11 is 8.18. The second kappa shape index (κ2) is 5.58. The van der Waals surface area contributed by atoms with Crippen LogP contribution in [0.2, 0.25) is 5.15 Å². The van der Waals surface area contributed by atoms with Gasteiger partial charge in [0.25, 0.3) is 0 Å². The van der Waals surface area contributed by atoms with Gasteiger partial charge in [-0.2, -0.15) is 0 Å². The fourth-order valence-corrected chi connectivity index (χ4v) is 2.63. The fraction of sp³-hybridized carbons (Fsp3) is 0.231. The first-order chi connectivity index (χ1) is 8.90. The van der Waals surface area contributed by atoms with Gasteiger partial charge < -0.3 is 5.11 Å². The van der Waals surface area contributed by atoms with Crippen molar-refractivity contribution in [3.05, 3.63) is 38.4 Å². The first-order valence-corrected chi connectivity index (χ1v) is 7.07. The molecule has 1 aromatic heterocycles. The zero-order valence-electron chi connectivity index (χ0n) is 10.3. The Morgan fingerprint density at radius 2 is 2.00 bits per heavy atom. The molecule has 0 spiro atoms. The van der Waals surface area contributed by atoms with E-state index in [2.05, 4.69) is 32.6 Å². The number of phenols is 1. The summed E-state index contributed by atoms with van der Waals surface area (Å²) < 4.78 is 14.2. The Bertz CT molecular complexity index is 634. The minimum atomic E-state index is -0.707. The van der Waals surface area contributed by atoms with Crippen molar-refractivity contribution in [1.29, 1.82) is 0 Å². The molecule has 0 bridgehead atoms. The third-order valence-corrected chi connectivity index (χ3v) is 4.25. The summed E-state index contributed by atoms with van der Waals surface area (Å²) in [4.78, 5) is 8.58. The quantitative estimate of drug-likeness (QED) is 0.610. The molecule has 0 aliphatic carbocycles. The van der Waals surface area contributed by atoms with Crippen LogP contribution in [-0.4, -0.2) is 15.1 Å². The number of phenolic OH excluding ortho intramolecular Hbond substituents is 1. The largest absolute Gasteiger partial charge is 0.505 e. The van der Waals surface area contributed by atoms with Crippen LogP contribution in [0.15, 0.2) is 18.2 Å². The molecule has 2 aromatic rings. The highest BCUT2D eigenvalue weighted by atomic mass is 127. The molecule has 2 rings (SSSR count). The number of aromatic nitrogens is 2. The van der Waals surface area contributed by atoms with Crippen LogP contribution in [0.4, 0.5) is 4.39 Å². The van der Waals surface area contributed by atoms with E-state index in [1.54, 1.807) is 6.07 Å². The molecule has 0 amide bonds. The summed E-state index contributed by atoms with van der Waals surface area (Å²) in [6, 6.07) is 4.02. The number of halogens is 3. The van der Waals surface area contributed by atoms with E-state index in [-0.39, 0.29) is 5.92 Å². The average Bonchev–Trinajstić information content (AvgIpc) is 2.35. The Labute approximate surface area is 129 Å². The van der Waals surface area contributed by atoms with Gasteiger partial charge >= 0.3 is 0 Å². The van der Waals surface area contributed by atoms with Gasteiger partial charge in [-0.05, 0) is 46.7 Å². The molecule has 19 heavy (non-hydrogen) atoms. The van der Waals surface area contributed by atoms with Gasteiger partial charge in [-0.1, -0.05) is 25.4 Å². The van der Waals surface area contributed by atoms with Gasteiger partial charge in [0.2, 0.25) is 0 Å². The van der Waals surface area contributed by atoms with Crippen LogP contribution >= 0.6 is 34.2 Å². The third kappa shape index (κ3) is 2.97. The Morgan fingerprint density at radius 3 is 2.58 bits per heavy atom. The van der Waals surface area contributed by atoms with Crippen molar-refractivity contribution in [2.45, 2.75) is 19.8 Å². The highest BCUT2D eigenvalue weighted by molar-refractivity contribution is 14.1. The first-order valence-electron chi connectivity index (χ1n) is 5.62. The standard InChI is InChI=1S/C13H11ClFIN2O/c1-6(2)11-10(16)12(14)18-13(17-11)7-3-4-9(19)8(15)5-7/h3-6,19H,1-2H3. The molecule has 0 aliphatic heterocycles. The molecule has 0 aliphatic rings. The molecule has 0 fully saturated rings. The maximum Gasteiger partial charge on any atom is 0.165 e. The average molecular weight is 393 g/mol. The van der Waals surface area contributed by atoms with Crippen LogP contribution in [0, 0.1) is 9.39 Å². The number of nitrogens with zero attached hydrogens (tertiary/aromatic N) is 2. The van der Waals surface area contributed by atoms with Gasteiger partial charge in [-0.25, -0.2) is 14.4 Å². The lowest BCUT2D eigenvalue weighted by Crippen LogP contribution is -2.02. The number of hydrogen-bond acceptors (Lipinski definition) is 3. The van der Waals surface area contributed by atoms with E-state index >= 15 is 0 Å². The lowest BCUT2D eigenvalue weighted by molar-refractivity contribution is 0.432. The van der Waals surface area contributed by atoms with Crippen molar-refractivity contribution in [1.82, 2.24) is 9.97 Å². The smallest absolute Gasteiger partial charge is 0.165 e. The lowest BCUT2D eigenvalue weighted by Gasteiger charge is -2.11. The number of hydrogen-bond donors (Lipinski definition) is 1. The number of rotatable bonds is 2. The van der Waals surface area contributed by atoms with Crippen molar-refractivity contribution in [3.63, 3.8) is 0 Å². The predicted molar refractivity (Wildman–Crippen MR) is 80.9 cm³/mol. The Morgan fingerprint density at radius 1 is 1.32 bits per heavy atom. The highest BCUT2D eigenvalue weighted by Crippen LogP contribution is 2.29. The molecular weight excluding hydrogens is 382 g/mol. The summed E-state index contributed by atoms with van der Waals surface area (Å²) in [5.41, 5.74) is 1.31. The second-order valence-corrected chi connectivity index (χ2v) is 5.79. The Balaban J connectivity index is 2.59. The van der Waals surface area contributed by atoms with Crippen LogP contribution in [0.1, 0.15) is 25.5 Å². The summed E-state index contributed by atoms with van der Waals surface area (Å²) in [6.45, 7) is 4.00. The zero-order valence-corrected chi connectivity index (χ0v) is 13.2. The maximum atomic E-state index is 13.4. The molecule has 1 aromatic carbocycles. The fourth-order valence-electron chi connectivity index (χ4n) is 1.59. The van der Waals surface area contributed by atoms with E-state index in [1.807, 2.05) is 13.8 Å². The van der Waals surface area contributed by atoms with E-state index in [0.29, 0.717) is 16.5 Å². The molecule has 0 atom stereocenters. The maximum absolute atomic E-state index is 13.4. The predicted octanol–water partition coefficient (Wildman–Crippen LogP) is 4.37. The van der Waals surface area contributed by atoms with E-state index in [1.165, 1.54) is 12.1 Å². The molecule has 100 valence electrons. The van der Waals surface area contributed by atoms with Crippen LogP contribution in [-0.2, 0) is 0 Å². The van der Waals surface area contributed by atoms with E-state index < -0.39 is 11.6 Å². The van der Waals surface area contributed by atoms with Gasteiger partial charge in [0.1, 0.15) is 5.15 Å². The summed E-state index contributed by atoms with van der Waals surface area (Å²) in [5, 5.41) is 9.54. The molecule has 1 N–H and O–H groups in total. The number of aromatic hydroxyl groups is 1. The monoisotopic (exact) mass is 392 g/mol. The lowest BCUT2D eigenvalue weighted by atomic mass is 10.1. The first kappa shape index (κ1) is 14.5. The van der Waals surface area contributed by atoms with E-state index in [4.69, 9.17) is 11.6 Å². The highest BCUT2D eigenvalue weighted by Gasteiger charge is 2.15. The second-order valence-electron chi connectivity index (χ2n) is 4.36. The zero-order chi connectivity index (χ0) is 14.2. The topological polar surface area (TPSA) is 46.0 Å². The summed E-state index contributed by atoms with van der Waals surface area (Å²) in [6.07, 6.45) is 0. The summed E-state index contributed by atoms with van der Waals surface area (Å²) in [7, 11) is 0. The van der Waals surface area contributed by atoms with Crippen molar-refractivity contribution >= 4 is 34.2 Å². The molecule has 0 unspecified atom stereocenters. The van der Waals surface area contributed by atoms with E-state index in [9.17, 15) is 9.50 Å². The van der Waals surface area contributed by atoms with Crippen LogP contribution in [0.5, 0.6) is 5.75 Å². The van der Waals surface area contributed by atoms with Crippen LogP contribution < -0.4 is 0 Å². The Hall–Kier alpha value is -0.950. The third-order valence-electron chi connectivity index (χ3n) is 2.59. The van der Waals surface area contributed by atoms with Gasteiger partial charge in [-0.15, -0.1) is 0 Å². The molecule has 0 saturated carbocycles. The van der Waals surface area contributed by atoms with E-state index in [0.717, 1.165) is 9.26 Å². The van der Waals surface area contributed by atoms with Crippen molar-refractivity contribution in [3.8, 4) is 17.1 Å². The van der Waals surface area contributed by atoms with Crippen molar-refractivity contribution < 1.29 is 9.50 Å². The van der Waals surface area contributed by atoms with Gasteiger partial charge in [-0.3, -0.25) is 0 Å². The number of benzene rings is 1. The Kier molecular flexibility index (Phi) is 4.25. The van der Waals surface area contributed by atoms with Gasteiger partial charge in [0.15, 0.2) is 17.4 Å². The normalized spacial score (nSPS) is 11.1. The minimum Gasteiger partial charge on any atom is -0.505 e. The molecule has 0 saturated heterocycles. The molecule has 1 heterocycles. The molecule has 6 heteroatoms. The van der Waals surface area contributed by atoms with Crippen LogP contribution in [0.25, 0.3) is 11.4 Å². The minimum absolute atomic E-state index is 0.188. The molecule has 3 nitrogen and oxygen atoms in total. The van der Waals surface area contributed by atoms with Gasteiger partial charge in [0, 0.05) is 5.56 Å². The van der Waals surface area contributed by atoms with Gasteiger partial charge in [0.05, 0.1) is 9.26 Å².